The van der Waals surface area contributed by atoms with E-state index >= 15 is 0 Å². The number of rotatable bonds is 3. The third-order valence-electron chi connectivity index (χ3n) is 2.11. The number of aryl methyl sites for hydroxylation is 1. The first kappa shape index (κ1) is 12.7. The van der Waals surface area contributed by atoms with E-state index in [1.54, 1.807) is 6.92 Å². The first-order valence-corrected chi connectivity index (χ1v) is 6.06. The third-order valence-corrected chi connectivity index (χ3v) is 3.17. The van der Waals surface area contributed by atoms with Crippen molar-refractivity contribution in [2.24, 2.45) is 5.14 Å². The fourth-order valence-electron chi connectivity index (χ4n) is 1.41. The molecule has 0 spiro atoms. The Labute approximate surface area is 93.2 Å². The van der Waals surface area contributed by atoms with Gasteiger partial charge in [-0.3, -0.25) is 4.68 Å². The predicted octanol–water partition coefficient (Wildman–Crippen LogP) is -0.355. The lowest BCUT2D eigenvalue weighted by molar-refractivity contribution is 0.0588. The Bertz CT molecular complexity index is 518. The zero-order valence-corrected chi connectivity index (χ0v) is 10.0. The van der Waals surface area contributed by atoms with Gasteiger partial charge in [0.15, 0.2) is 5.69 Å². The van der Waals surface area contributed by atoms with E-state index in [0.717, 1.165) is 7.11 Å². The van der Waals surface area contributed by atoms with Gasteiger partial charge >= 0.3 is 5.97 Å². The second-order valence-corrected chi connectivity index (χ2v) is 4.61. The summed E-state index contributed by atoms with van der Waals surface area (Å²) in [6, 6.07) is 0. The molecule has 7 nitrogen and oxygen atoms in total. The van der Waals surface area contributed by atoms with Gasteiger partial charge in [0, 0.05) is 6.54 Å². The molecule has 1 aromatic rings. The second kappa shape index (κ2) is 4.22. The van der Waals surface area contributed by atoms with Crippen molar-refractivity contribution < 1.29 is 17.9 Å². The maximum Gasteiger partial charge on any atom is 0.360 e. The molecule has 16 heavy (non-hydrogen) atoms. The number of methoxy groups -OCH3 is 1. The Hall–Kier alpha value is -1.41. The summed E-state index contributed by atoms with van der Waals surface area (Å²) in [5.41, 5.74) is 0.0507. The summed E-state index contributed by atoms with van der Waals surface area (Å²) in [5, 5.41) is 8.88. The number of hydrogen-bond donors (Lipinski definition) is 1. The van der Waals surface area contributed by atoms with Crippen LogP contribution in [-0.4, -0.2) is 31.3 Å². The van der Waals surface area contributed by atoms with E-state index in [-0.39, 0.29) is 10.6 Å². The Morgan fingerprint density at radius 1 is 1.56 bits per heavy atom. The van der Waals surface area contributed by atoms with E-state index in [1.165, 1.54) is 11.6 Å². The highest BCUT2D eigenvalue weighted by Crippen LogP contribution is 2.19. The van der Waals surface area contributed by atoms with Crippen LogP contribution in [0.5, 0.6) is 0 Å². The van der Waals surface area contributed by atoms with E-state index in [2.05, 4.69) is 9.84 Å². The Morgan fingerprint density at radius 2 is 2.12 bits per heavy atom. The quantitative estimate of drug-likeness (QED) is 0.735. The first-order chi connectivity index (χ1) is 7.32. The van der Waals surface area contributed by atoms with Crippen molar-refractivity contribution in [3.63, 3.8) is 0 Å². The fraction of sp³-hybridized carbons (Fsp3) is 0.500. The van der Waals surface area contributed by atoms with Crippen molar-refractivity contribution >= 4 is 16.0 Å². The lowest BCUT2D eigenvalue weighted by atomic mass is 10.4. The van der Waals surface area contributed by atoms with Gasteiger partial charge in [0.25, 0.3) is 0 Å². The van der Waals surface area contributed by atoms with E-state index in [9.17, 15) is 13.2 Å². The highest BCUT2D eigenvalue weighted by molar-refractivity contribution is 7.89. The minimum Gasteiger partial charge on any atom is -0.464 e. The number of hydrogen-bond acceptors (Lipinski definition) is 5. The van der Waals surface area contributed by atoms with Crippen LogP contribution in [0.1, 0.15) is 23.1 Å². The van der Waals surface area contributed by atoms with Crippen molar-refractivity contribution in [3.8, 4) is 0 Å². The molecule has 0 bridgehead atoms. The molecule has 1 rings (SSSR count). The molecule has 0 unspecified atom stereocenters. The average Bonchev–Trinajstić information content (AvgIpc) is 2.53. The number of carbonyl (C=O) groups is 1. The molecule has 1 heterocycles. The maximum absolute atomic E-state index is 11.3. The van der Waals surface area contributed by atoms with Crippen LogP contribution in [-0.2, 0) is 21.3 Å². The van der Waals surface area contributed by atoms with E-state index in [0.29, 0.717) is 12.2 Å². The molecule has 8 heteroatoms. The molecule has 0 saturated heterocycles. The summed E-state index contributed by atoms with van der Waals surface area (Å²) in [6.07, 6.45) is 0. The van der Waals surface area contributed by atoms with Crippen molar-refractivity contribution in [2.45, 2.75) is 25.3 Å². The molecule has 0 saturated carbocycles. The molecule has 0 fully saturated rings. The smallest absolute Gasteiger partial charge is 0.360 e. The largest absolute Gasteiger partial charge is 0.464 e. The van der Waals surface area contributed by atoms with Crippen molar-refractivity contribution in [1.29, 1.82) is 0 Å². The van der Waals surface area contributed by atoms with Gasteiger partial charge in [-0.15, -0.1) is 0 Å². The van der Waals surface area contributed by atoms with Gasteiger partial charge in [0.1, 0.15) is 4.90 Å². The number of carbonyl (C=O) groups excluding carboxylic acids is 1. The zero-order chi connectivity index (χ0) is 12.5. The van der Waals surface area contributed by atoms with Gasteiger partial charge in [-0.05, 0) is 13.8 Å². The van der Waals surface area contributed by atoms with Gasteiger partial charge in [-0.25, -0.2) is 18.4 Å². The van der Waals surface area contributed by atoms with Crippen LogP contribution in [0.4, 0.5) is 0 Å². The van der Waals surface area contributed by atoms with Gasteiger partial charge in [0.05, 0.1) is 12.8 Å². The van der Waals surface area contributed by atoms with E-state index < -0.39 is 16.0 Å². The predicted molar refractivity (Wildman–Crippen MR) is 55.4 cm³/mol. The minimum atomic E-state index is -3.99. The average molecular weight is 247 g/mol. The number of nitrogens with zero attached hydrogens (tertiary/aromatic N) is 2. The number of primary sulfonamides is 1. The standard InChI is InChI=1S/C8H13N3O4S/c1-4-11-5(2)7(16(9,13)14)6(10-11)8(12)15-3/h4H2,1-3H3,(H2,9,13,14). The summed E-state index contributed by atoms with van der Waals surface area (Å²) in [6.45, 7) is 3.74. The Balaban J connectivity index is 3.55. The Kier molecular flexibility index (Phi) is 3.34. The normalized spacial score (nSPS) is 11.5. The lowest BCUT2D eigenvalue weighted by Gasteiger charge is -2.00. The number of aromatic nitrogens is 2. The van der Waals surface area contributed by atoms with Gasteiger partial charge < -0.3 is 4.74 Å². The van der Waals surface area contributed by atoms with Crippen molar-refractivity contribution in [1.82, 2.24) is 9.78 Å². The topological polar surface area (TPSA) is 104 Å². The van der Waals surface area contributed by atoms with Gasteiger partial charge in [-0.2, -0.15) is 5.10 Å². The first-order valence-electron chi connectivity index (χ1n) is 4.51. The van der Waals surface area contributed by atoms with E-state index in [4.69, 9.17) is 5.14 Å². The molecule has 0 aromatic carbocycles. The number of esters is 1. The zero-order valence-electron chi connectivity index (χ0n) is 9.22. The second-order valence-electron chi connectivity index (χ2n) is 3.12. The summed E-state index contributed by atoms with van der Waals surface area (Å²) in [5.74, 6) is -0.820. The monoisotopic (exact) mass is 247 g/mol. The van der Waals surface area contributed by atoms with Gasteiger partial charge in [-0.1, -0.05) is 0 Å². The highest BCUT2D eigenvalue weighted by atomic mass is 32.2. The molecular weight excluding hydrogens is 234 g/mol. The van der Waals surface area contributed by atoms with Crippen molar-refractivity contribution in [2.75, 3.05) is 7.11 Å². The van der Waals surface area contributed by atoms with Crippen LogP contribution >= 0.6 is 0 Å². The lowest BCUT2D eigenvalue weighted by Crippen LogP contribution is -2.17. The third kappa shape index (κ3) is 2.07. The van der Waals surface area contributed by atoms with Crippen LogP contribution in [0.15, 0.2) is 4.90 Å². The molecule has 0 amide bonds. The molecule has 2 N–H and O–H groups in total. The SMILES string of the molecule is CCn1nc(C(=O)OC)c(S(N)(=O)=O)c1C. The number of nitrogens with two attached hydrogens (primary N) is 1. The number of ether oxygens (including phenoxy) is 1. The maximum atomic E-state index is 11.3. The molecule has 0 atom stereocenters. The molecular formula is C8H13N3O4S. The molecule has 90 valence electrons. The number of sulfonamides is 1. The van der Waals surface area contributed by atoms with Crippen LogP contribution in [0.2, 0.25) is 0 Å². The van der Waals surface area contributed by atoms with Crippen LogP contribution in [0, 0.1) is 6.92 Å². The Morgan fingerprint density at radius 3 is 2.50 bits per heavy atom. The van der Waals surface area contributed by atoms with Crippen LogP contribution < -0.4 is 5.14 Å². The van der Waals surface area contributed by atoms with Crippen LogP contribution in [0.25, 0.3) is 0 Å². The minimum absolute atomic E-state index is 0.274. The summed E-state index contributed by atoms with van der Waals surface area (Å²) in [7, 11) is -2.84. The summed E-state index contributed by atoms with van der Waals surface area (Å²) < 4.78 is 28.5. The fourth-order valence-corrected chi connectivity index (χ4v) is 2.32. The summed E-state index contributed by atoms with van der Waals surface area (Å²) in [4.78, 5) is 11.1. The van der Waals surface area contributed by atoms with E-state index in [1.807, 2.05) is 0 Å². The molecule has 0 radical (unpaired) electrons. The highest BCUT2D eigenvalue weighted by Gasteiger charge is 2.28. The molecule has 0 aliphatic heterocycles. The van der Waals surface area contributed by atoms with Crippen LogP contribution in [0.3, 0.4) is 0 Å². The molecule has 0 aliphatic carbocycles. The molecule has 0 aliphatic rings. The van der Waals surface area contributed by atoms with Crippen molar-refractivity contribution in [3.05, 3.63) is 11.4 Å². The summed E-state index contributed by atoms with van der Waals surface area (Å²) >= 11 is 0. The molecule has 1 aromatic heterocycles. The van der Waals surface area contributed by atoms with Gasteiger partial charge in [0.2, 0.25) is 10.0 Å².